The van der Waals surface area contributed by atoms with Gasteiger partial charge in [0.1, 0.15) is 5.75 Å². The second kappa shape index (κ2) is 7.21. The Balaban J connectivity index is 0.000000791. The number of nitrogens with one attached hydrogen (secondary N) is 1. The molecule has 14 heavy (non-hydrogen) atoms. The molecule has 0 amide bonds. The molecule has 3 heteroatoms. The van der Waals surface area contributed by atoms with Gasteiger partial charge in [0.2, 0.25) is 0 Å². The maximum atomic E-state index is 5.11. The van der Waals surface area contributed by atoms with E-state index >= 15 is 0 Å². The molecule has 0 unspecified atom stereocenters. The van der Waals surface area contributed by atoms with Crippen LogP contribution in [0.15, 0.2) is 18.2 Å². The fraction of sp³-hybridized carbons (Fsp3) is 0.455. The largest absolute Gasteiger partial charge is 0.496 e. The van der Waals surface area contributed by atoms with Crippen LogP contribution < -0.4 is 10.2 Å². The maximum Gasteiger partial charge on any atom is 0.121 e. The van der Waals surface area contributed by atoms with Gasteiger partial charge in [-0.1, -0.05) is 13.8 Å². The van der Waals surface area contributed by atoms with Crippen LogP contribution >= 0.6 is 0 Å². The van der Waals surface area contributed by atoms with Crippen molar-refractivity contribution in [2.24, 2.45) is 0 Å². The average Bonchev–Trinajstić information content (AvgIpc) is 2.22. The van der Waals surface area contributed by atoms with Crippen LogP contribution in [-0.2, 0) is 4.84 Å². The first-order valence-electron chi connectivity index (χ1n) is 4.71. The molecule has 0 aliphatic heterocycles. The number of hydrogen-bond donors (Lipinski definition) is 1. The van der Waals surface area contributed by atoms with Crippen molar-refractivity contribution >= 4 is 5.69 Å². The Labute approximate surface area is 86.0 Å². The summed E-state index contributed by atoms with van der Waals surface area (Å²) in [5, 5.41) is 0. The summed E-state index contributed by atoms with van der Waals surface area (Å²) in [5.74, 6) is 0.886. The molecule has 3 nitrogen and oxygen atoms in total. The normalized spacial score (nSPS) is 8.64. The molecule has 0 saturated heterocycles. The number of ether oxygens (including phenoxy) is 1. The first kappa shape index (κ1) is 12.8. The van der Waals surface area contributed by atoms with Gasteiger partial charge in [-0.2, -0.15) is 0 Å². The average molecular weight is 197 g/mol. The smallest absolute Gasteiger partial charge is 0.121 e. The van der Waals surface area contributed by atoms with Crippen molar-refractivity contribution in [1.29, 1.82) is 0 Å². The lowest BCUT2D eigenvalue weighted by Gasteiger charge is -2.07. The van der Waals surface area contributed by atoms with Crippen LogP contribution in [-0.4, -0.2) is 14.2 Å². The Kier molecular flexibility index (Phi) is 6.58. The number of aryl methyl sites for hydroxylation is 1. The van der Waals surface area contributed by atoms with E-state index < -0.39 is 0 Å². The predicted molar refractivity (Wildman–Crippen MR) is 59.7 cm³/mol. The van der Waals surface area contributed by atoms with E-state index in [9.17, 15) is 0 Å². The molecule has 1 rings (SSSR count). The number of benzene rings is 1. The molecule has 0 heterocycles. The maximum absolute atomic E-state index is 5.11. The fourth-order valence-corrected chi connectivity index (χ4v) is 1.06. The summed E-state index contributed by atoms with van der Waals surface area (Å²) < 4.78 is 5.11. The first-order valence-corrected chi connectivity index (χ1v) is 4.71. The molecular weight excluding hydrogens is 178 g/mol. The summed E-state index contributed by atoms with van der Waals surface area (Å²) in [6, 6.07) is 5.76. The van der Waals surface area contributed by atoms with Crippen molar-refractivity contribution in [3.63, 3.8) is 0 Å². The van der Waals surface area contributed by atoms with Crippen molar-refractivity contribution < 1.29 is 9.57 Å². The van der Waals surface area contributed by atoms with Gasteiger partial charge in [-0.15, -0.1) is 0 Å². The molecule has 0 aliphatic carbocycles. The molecule has 0 aromatic heterocycles. The Morgan fingerprint density at radius 3 is 2.21 bits per heavy atom. The molecule has 0 bridgehead atoms. The van der Waals surface area contributed by atoms with Gasteiger partial charge in [-0.3, -0.25) is 10.3 Å². The van der Waals surface area contributed by atoms with Crippen LogP contribution in [0.5, 0.6) is 5.75 Å². The Bertz CT molecular complexity index is 261. The number of methoxy groups -OCH3 is 1. The van der Waals surface area contributed by atoms with Crippen LogP contribution in [0.4, 0.5) is 5.69 Å². The molecule has 0 aliphatic rings. The monoisotopic (exact) mass is 197 g/mol. The second-order valence-corrected chi connectivity index (χ2v) is 2.49. The Morgan fingerprint density at radius 2 is 1.79 bits per heavy atom. The third-order valence-electron chi connectivity index (χ3n) is 1.61. The lowest BCUT2D eigenvalue weighted by atomic mass is 10.2. The van der Waals surface area contributed by atoms with Crippen LogP contribution in [0, 0.1) is 6.92 Å². The van der Waals surface area contributed by atoms with Crippen LogP contribution in [0.2, 0.25) is 0 Å². The third kappa shape index (κ3) is 3.66. The zero-order valence-corrected chi connectivity index (χ0v) is 9.55. The van der Waals surface area contributed by atoms with E-state index in [1.807, 2.05) is 39.0 Å². The minimum Gasteiger partial charge on any atom is -0.496 e. The van der Waals surface area contributed by atoms with Gasteiger partial charge < -0.3 is 4.74 Å². The van der Waals surface area contributed by atoms with E-state index in [1.54, 1.807) is 14.2 Å². The molecule has 0 radical (unpaired) electrons. The van der Waals surface area contributed by atoms with Crippen molar-refractivity contribution in [3.05, 3.63) is 23.8 Å². The molecule has 0 saturated carbocycles. The van der Waals surface area contributed by atoms with Crippen LogP contribution in [0.3, 0.4) is 0 Å². The summed E-state index contributed by atoms with van der Waals surface area (Å²) in [7, 11) is 3.24. The Hall–Kier alpha value is -1.22. The Morgan fingerprint density at radius 1 is 1.14 bits per heavy atom. The topological polar surface area (TPSA) is 30.5 Å². The second-order valence-electron chi connectivity index (χ2n) is 2.49. The van der Waals surface area contributed by atoms with Gasteiger partial charge in [0.05, 0.1) is 19.9 Å². The highest BCUT2D eigenvalue weighted by atomic mass is 16.6. The lowest BCUT2D eigenvalue weighted by Crippen LogP contribution is -1.96. The first-order chi connectivity index (χ1) is 6.77. The van der Waals surface area contributed by atoms with E-state index in [-0.39, 0.29) is 0 Å². The molecular formula is C11H19NO2. The zero-order chi connectivity index (χ0) is 11.0. The van der Waals surface area contributed by atoms with Crippen molar-refractivity contribution in [2.45, 2.75) is 20.8 Å². The molecule has 1 aromatic carbocycles. The fourth-order valence-electron chi connectivity index (χ4n) is 1.06. The molecule has 1 N–H and O–H groups in total. The highest BCUT2D eigenvalue weighted by molar-refractivity contribution is 5.49. The number of hydrogen-bond acceptors (Lipinski definition) is 3. The predicted octanol–water partition coefficient (Wildman–Crippen LogP) is 3.00. The summed E-state index contributed by atoms with van der Waals surface area (Å²) >= 11 is 0. The minimum atomic E-state index is 0.886. The van der Waals surface area contributed by atoms with Gasteiger partial charge >= 0.3 is 0 Å². The van der Waals surface area contributed by atoms with E-state index in [4.69, 9.17) is 9.57 Å². The number of rotatable bonds is 3. The standard InChI is InChI=1S/C9H13NO2.C2H6/c1-7-6-8(10-12-3)4-5-9(7)11-2;1-2/h4-6,10H,1-3H3;1-2H3. The van der Waals surface area contributed by atoms with Gasteiger partial charge in [-0.05, 0) is 30.7 Å². The summed E-state index contributed by atoms with van der Waals surface area (Å²) in [5.41, 5.74) is 4.75. The molecule has 80 valence electrons. The molecule has 0 spiro atoms. The molecule has 1 aromatic rings. The molecule has 0 fully saturated rings. The van der Waals surface area contributed by atoms with Crippen LogP contribution in [0.25, 0.3) is 0 Å². The van der Waals surface area contributed by atoms with E-state index in [1.165, 1.54) is 0 Å². The minimum absolute atomic E-state index is 0.886. The van der Waals surface area contributed by atoms with Gasteiger partial charge in [0.25, 0.3) is 0 Å². The summed E-state index contributed by atoms with van der Waals surface area (Å²) in [4.78, 5) is 4.77. The summed E-state index contributed by atoms with van der Waals surface area (Å²) in [6.07, 6.45) is 0. The quantitative estimate of drug-likeness (QED) is 0.755. The number of anilines is 1. The zero-order valence-electron chi connectivity index (χ0n) is 9.55. The van der Waals surface area contributed by atoms with Crippen molar-refractivity contribution in [1.82, 2.24) is 0 Å². The van der Waals surface area contributed by atoms with Crippen LogP contribution in [0.1, 0.15) is 19.4 Å². The van der Waals surface area contributed by atoms with E-state index in [0.717, 1.165) is 17.0 Å². The highest BCUT2D eigenvalue weighted by Crippen LogP contribution is 2.20. The van der Waals surface area contributed by atoms with Gasteiger partial charge in [0.15, 0.2) is 0 Å². The molecule has 0 atom stereocenters. The lowest BCUT2D eigenvalue weighted by molar-refractivity contribution is 0.271. The third-order valence-corrected chi connectivity index (χ3v) is 1.61. The van der Waals surface area contributed by atoms with Crippen molar-refractivity contribution in [3.8, 4) is 5.75 Å². The van der Waals surface area contributed by atoms with Crippen molar-refractivity contribution in [2.75, 3.05) is 19.7 Å². The van der Waals surface area contributed by atoms with E-state index in [2.05, 4.69) is 5.48 Å². The highest BCUT2D eigenvalue weighted by Gasteiger charge is 1.98. The van der Waals surface area contributed by atoms with E-state index in [0.29, 0.717) is 0 Å². The van der Waals surface area contributed by atoms with Gasteiger partial charge in [-0.25, -0.2) is 0 Å². The summed E-state index contributed by atoms with van der Waals surface area (Å²) in [6.45, 7) is 5.99. The SMILES string of the molecule is CC.CONc1ccc(OC)c(C)c1. The van der Waals surface area contributed by atoms with Gasteiger partial charge in [0, 0.05) is 0 Å².